The van der Waals surface area contributed by atoms with Crippen LogP contribution in [0.1, 0.15) is 66.2 Å². The maximum atomic E-state index is 2.47. The summed E-state index contributed by atoms with van der Waals surface area (Å²) in [7, 11) is 0. The summed E-state index contributed by atoms with van der Waals surface area (Å²) in [5.74, 6) is 0.899. The summed E-state index contributed by atoms with van der Waals surface area (Å²) < 4.78 is 0. The Morgan fingerprint density at radius 3 is 2.38 bits per heavy atom. The third-order valence-corrected chi connectivity index (χ3v) is 2.81. The predicted octanol–water partition coefficient (Wildman–Crippen LogP) is 4.95. The molecule has 0 aliphatic heterocycles. The summed E-state index contributed by atoms with van der Waals surface area (Å²) in [6.45, 7) is 9.16. The first-order chi connectivity index (χ1) is 6.24. The van der Waals surface area contributed by atoms with Crippen LogP contribution in [0.5, 0.6) is 0 Å². The largest absolute Gasteiger partial charge is 0.0853 e. The highest BCUT2D eigenvalue weighted by molar-refractivity contribution is 5.00. The van der Waals surface area contributed by atoms with E-state index in [4.69, 9.17) is 0 Å². The van der Waals surface area contributed by atoms with Gasteiger partial charge < -0.3 is 0 Å². The molecule has 0 saturated heterocycles. The summed E-state index contributed by atoms with van der Waals surface area (Å²) in [6.07, 6.45) is 10.3. The van der Waals surface area contributed by atoms with Crippen molar-refractivity contribution in [3.05, 3.63) is 11.6 Å². The molecule has 0 N–H and O–H groups in total. The molecule has 0 rings (SSSR count). The van der Waals surface area contributed by atoms with E-state index < -0.39 is 0 Å². The van der Waals surface area contributed by atoms with Crippen LogP contribution in [0, 0.1) is 5.92 Å². The summed E-state index contributed by atoms with van der Waals surface area (Å²) in [5, 5.41) is 0. The van der Waals surface area contributed by atoms with Gasteiger partial charge in [-0.25, -0.2) is 0 Å². The second kappa shape index (κ2) is 8.34. The Bertz CT molecular complexity index is 133. The monoisotopic (exact) mass is 182 g/mol. The summed E-state index contributed by atoms with van der Waals surface area (Å²) in [4.78, 5) is 0. The van der Waals surface area contributed by atoms with Crippen molar-refractivity contribution >= 4 is 0 Å². The van der Waals surface area contributed by atoms with E-state index >= 15 is 0 Å². The van der Waals surface area contributed by atoms with Crippen LogP contribution in [0.4, 0.5) is 0 Å². The molecule has 0 spiro atoms. The molecule has 0 nitrogen and oxygen atoms in total. The van der Waals surface area contributed by atoms with Gasteiger partial charge in [-0.2, -0.15) is 0 Å². The van der Waals surface area contributed by atoms with Crippen molar-refractivity contribution in [2.75, 3.05) is 0 Å². The van der Waals surface area contributed by atoms with Crippen LogP contribution in [-0.4, -0.2) is 0 Å². The third kappa shape index (κ3) is 6.86. The number of rotatable bonds is 7. The van der Waals surface area contributed by atoms with Gasteiger partial charge in [0, 0.05) is 0 Å². The first-order valence-electron chi connectivity index (χ1n) is 5.92. The van der Waals surface area contributed by atoms with Gasteiger partial charge in [0.15, 0.2) is 0 Å². The van der Waals surface area contributed by atoms with Crippen LogP contribution in [0.3, 0.4) is 0 Å². The molecular formula is C13H26. The topological polar surface area (TPSA) is 0 Å². The Hall–Kier alpha value is -0.260. The van der Waals surface area contributed by atoms with E-state index in [1.165, 1.54) is 38.5 Å². The quantitative estimate of drug-likeness (QED) is 0.489. The van der Waals surface area contributed by atoms with Crippen LogP contribution in [0.2, 0.25) is 0 Å². The highest BCUT2D eigenvalue weighted by Gasteiger charge is 1.97. The van der Waals surface area contributed by atoms with Crippen molar-refractivity contribution < 1.29 is 0 Å². The maximum Gasteiger partial charge on any atom is -0.0323 e. The van der Waals surface area contributed by atoms with E-state index in [0.29, 0.717) is 0 Å². The number of hydrogen-bond donors (Lipinski definition) is 0. The Balaban J connectivity index is 3.65. The molecule has 0 aliphatic rings. The molecule has 0 bridgehead atoms. The molecule has 0 aromatic heterocycles. The van der Waals surface area contributed by atoms with Gasteiger partial charge >= 0.3 is 0 Å². The lowest BCUT2D eigenvalue weighted by Crippen LogP contribution is -1.90. The standard InChI is InChI=1S/C13H26/c1-5-9-13(7-3)11-8-10-12(4)6-2/h11-12H,5-10H2,1-4H3. The summed E-state index contributed by atoms with van der Waals surface area (Å²) >= 11 is 0. The first-order valence-corrected chi connectivity index (χ1v) is 5.92. The second-order valence-corrected chi connectivity index (χ2v) is 4.06. The van der Waals surface area contributed by atoms with Gasteiger partial charge in [0.25, 0.3) is 0 Å². The van der Waals surface area contributed by atoms with Gasteiger partial charge in [-0.1, -0.05) is 52.2 Å². The zero-order chi connectivity index (χ0) is 10.1. The van der Waals surface area contributed by atoms with Crippen LogP contribution in [-0.2, 0) is 0 Å². The molecule has 0 fully saturated rings. The second-order valence-electron chi connectivity index (χ2n) is 4.06. The first kappa shape index (κ1) is 12.7. The Morgan fingerprint density at radius 2 is 1.92 bits per heavy atom. The van der Waals surface area contributed by atoms with Crippen LogP contribution >= 0.6 is 0 Å². The lowest BCUT2D eigenvalue weighted by molar-refractivity contribution is 0.520. The minimum atomic E-state index is 0.899. The number of allylic oxidation sites excluding steroid dienone is 2. The van der Waals surface area contributed by atoms with E-state index in [0.717, 1.165) is 5.92 Å². The van der Waals surface area contributed by atoms with Crippen molar-refractivity contribution in [2.24, 2.45) is 5.92 Å². The Kier molecular flexibility index (Phi) is 8.18. The molecule has 0 heteroatoms. The zero-order valence-corrected chi connectivity index (χ0v) is 9.90. The minimum absolute atomic E-state index is 0.899. The molecule has 0 aromatic rings. The van der Waals surface area contributed by atoms with E-state index in [2.05, 4.69) is 33.8 Å². The molecule has 13 heavy (non-hydrogen) atoms. The van der Waals surface area contributed by atoms with Crippen molar-refractivity contribution in [3.63, 3.8) is 0 Å². The molecule has 1 atom stereocenters. The third-order valence-electron chi connectivity index (χ3n) is 2.81. The van der Waals surface area contributed by atoms with Crippen LogP contribution in [0.25, 0.3) is 0 Å². The predicted molar refractivity (Wildman–Crippen MR) is 62.0 cm³/mol. The molecule has 0 radical (unpaired) electrons. The van der Waals surface area contributed by atoms with Crippen molar-refractivity contribution in [1.29, 1.82) is 0 Å². The highest BCUT2D eigenvalue weighted by atomic mass is 14.0. The van der Waals surface area contributed by atoms with Gasteiger partial charge in [-0.05, 0) is 31.6 Å². The zero-order valence-electron chi connectivity index (χ0n) is 9.90. The van der Waals surface area contributed by atoms with E-state index in [-0.39, 0.29) is 0 Å². The van der Waals surface area contributed by atoms with Gasteiger partial charge in [0.05, 0.1) is 0 Å². The molecule has 0 aliphatic carbocycles. The van der Waals surface area contributed by atoms with Crippen LogP contribution in [0.15, 0.2) is 11.6 Å². The van der Waals surface area contributed by atoms with E-state index in [1.807, 2.05) is 0 Å². The van der Waals surface area contributed by atoms with E-state index in [9.17, 15) is 0 Å². The lowest BCUT2D eigenvalue weighted by atomic mass is 10.00. The van der Waals surface area contributed by atoms with Crippen molar-refractivity contribution in [1.82, 2.24) is 0 Å². The van der Waals surface area contributed by atoms with Crippen LogP contribution < -0.4 is 0 Å². The molecule has 1 unspecified atom stereocenters. The minimum Gasteiger partial charge on any atom is -0.0853 e. The highest BCUT2D eigenvalue weighted by Crippen LogP contribution is 2.14. The van der Waals surface area contributed by atoms with Crippen molar-refractivity contribution in [2.45, 2.75) is 66.2 Å². The molecule has 78 valence electrons. The van der Waals surface area contributed by atoms with Gasteiger partial charge in [-0.15, -0.1) is 0 Å². The van der Waals surface area contributed by atoms with E-state index in [1.54, 1.807) is 5.57 Å². The Labute approximate surface area is 84.4 Å². The fraction of sp³-hybridized carbons (Fsp3) is 0.846. The normalized spacial score (nSPS) is 14.6. The number of hydrogen-bond acceptors (Lipinski definition) is 0. The summed E-state index contributed by atoms with van der Waals surface area (Å²) in [6, 6.07) is 0. The fourth-order valence-electron chi connectivity index (χ4n) is 1.52. The molecule has 0 saturated carbocycles. The Morgan fingerprint density at radius 1 is 1.23 bits per heavy atom. The van der Waals surface area contributed by atoms with Gasteiger partial charge in [0.2, 0.25) is 0 Å². The smallest absolute Gasteiger partial charge is 0.0323 e. The molecular weight excluding hydrogens is 156 g/mol. The molecule has 0 amide bonds. The lowest BCUT2D eigenvalue weighted by Gasteiger charge is -2.06. The summed E-state index contributed by atoms with van der Waals surface area (Å²) in [5.41, 5.74) is 1.66. The fourth-order valence-corrected chi connectivity index (χ4v) is 1.52. The SMILES string of the molecule is CCCC(=CCCC(C)CC)CC. The average molecular weight is 182 g/mol. The van der Waals surface area contributed by atoms with Crippen molar-refractivity contribution in [3.8, 4) is 0 Å². The van der Waals surface area contributed by atoms with Gasteiger partial charge in [-0.3, -0.25) is 0 Å². The molecule has 0 heterocycles. The average Bonchev–Trinajstić information content (AvgIpc) is 2.16. The van der Waals surface area contributed by atoms with Gasteiger partial charge in [0.1, 0.15) is 0 Å². The molecule has 0 aromatic carbocycles. The maximum absolute atomic E-state index is 2.47.